The lowest BCUT2D eigenvalue weighted by molar-refractivity contribution is -0.138. The average Bonchev–Trinajstić information content (AvgIpc) is 2.22. The minimum absolute atomic E-state index is 0.0438. The van der Waals surface area contributed by atoms with Gasteiger partial charge in [0.1, 0.15) is 0 Å². The SMILES string of the molecule is CSCC(=O)NCCNCCN(C)CC(=O)O. The summed E-state index contributed by atoms with van der Waals surface area (Å²) in [6.45, 7) is 2.72. The molecule has 6 nitrogen and oxygen atoms in total. The van der Waals surface area contributed by atoms with Gasteiger partial charge in [0, 0.05) is 26.2 Å². The first-order valence-electron chi connectivity index (χ1n) is 5.43. The van der Waals surface area contributed by atoms with Crippen LogP contribution in [0.2, 0.25) is 0 Å². The standard InChI is InChI=1S/C10H21N3O3S/c1-13(7-10(15)16)6-5-11-3-4-12-9(14)8-17-2/h11H,3-8H2,1-2H3,(H,12,14)(H,15,16). The molecule has 0 saturated carbocycles. The summed E-state index contributed by atoms with van der Waals surface area (Å²) in [5.41, 5.74) is 0. The fraction of sp³-hybridized carbons (Fsp3) is 0.800. The lowest BCUT2D eigenvalue weighted by Gasteiger charge is -2.14. The minimum atomic E-state index is -0.822. The highest BCUT2D eigenvalue weighted by Gasteiger charge is 2.02. The smallest absolute Gasteiger partial charge is 0.317 e. The normalized spacial score (nSPS) is 10.5. The van der Waals surface area contributed by atoms with Crippen LogP contribution in [-0.4, -0.2) is 73.7 Å². The molecule has 0 radical (unpaired) electrons. The molecule has 0 aromatic heterocycles. The Bertz CT molecular complexity index is 239. The highest BCUT2D eigenvalue weighted by molar-refractivity contribution is 7.99. The van der Waals surface area contributed by atoms with Gasteiger partial charge in [0.25, 0.3) is 0 Å². The summed E-state index contributed by atoms with van der Waals surface area (Å²) in [4.78, 5) is 23.2. The number of carboxylic acids is 1. The van der Waals surface area contributed by atoms with Crippen LogP contribution in [0.5, 0.6) is 0 Å². The van der Waals surface area contributed by atoms with Crippen molar-refractivity contribution in [3.8, 4) is 0 Å². The van der Waals surface area contributed by atoms with Gasteiger partial charge in [-0.15, -0.1) is 0 Å². The molecule has 0 aliphatic carbocycles. The molecule has 7 heteroatoms. The van der Waals surface area contributed by atoms with Gasteiger partial charge in [-0.25, -0.2) is 0 Å². The molecule has 0 heterocycles. The van der Waals surface area contributed by atoms with Gasteiger partial charge in [-0.1, -0.05) is 0 Å². The Morgan fingerprint density at radius 1 is 1.29 bits per heavy atom. The van der Waals surface area contributed by atoms with Gasteiger partial charge in [-0.05, 0) is 13.3 Å². The number of carbonyl (C=O) groups excluding carboxylic acids is 1. The van der Waals surface area contributed by atoms with Gasteiger partial charge in [-0.2, -0.15) is 11.8 Å². The first-order valence-corrected chi connectivity index (χ1v) is 6.82. The highest BCUT2D eigenvalue weighted by Crippen LogP contribution is 1.88. The van der Waals surface area contributed by atoms with Crippen LogP contribution < -0.4 is 10.6 Å². The second kappa shape index (κ2) is 10.4. The fourth-order valence-electron chi connectivity index (χ4n) is 1.18. The molecule has 0 spiro atoms. The maximum absolute atomic E-state index is 11.1. The Kier molecular flexibility index (Phi) is 9.89. The summed E-state index contributed by atoms with van der Waals surface area (Å²) < 4.78 is 0. The summed E-state index contributed by atoms with van der Waals surface area (Å²) in [5, 5.41) is 14.4. The third-order valence-corrected chi connectivity index (χ3v) is 2.53. The molecule has 0 fully saturated rings. The zero-order chi connectivity index (χ0) is 13.1. The Morgan fingerprint density at radius 2 is 2.00 bits per heavy atom. The van der Waals surface area contributed by atoms with E-state index in [0.717, 1.165) is 0 Å². The quantitative estimate of drug-likeness (QED) is 0.442. The molecule has 17 heavy (non-hydrogen) atoms. The lowest BCUT2D eigenvalue weighted by atomic mass is 10.5. The van der Waals surface area contributed by atoms with E-state index in [1.807, 2.05) is 6.26 Å². The zero-order valence-corrected chi connectivity index (χ0v) is 11.2. The molecular formula is C10H21N3O3S. The molecule has 0 aliphatic heterocycles. The number of nitrogens with zero attached hydrogens (tertiary/aromatic N) is 1. The second-order valence-corrected chi connectivity index (χ2v) is 4.53. The van der Waals surface area contributed by atoms with Crippen molar-refractivity contribution < 1.29 is 14.7 Å². The van der Waals surface area contributed by atoms with Crippen molar-refractivity contribution in [3.05, 3.63) is 0 Å². The lowest BCUT2D eigenvalue weighted by Crippen LogP contribution is -2.37. The summed E-state index contributed by atoms with van der Waals surface area (Å²) in [6.07, 6.45) is 1.89. The number of nitrogens with one attached hydrogen (secondary N) is 2. The van der Waals surface area contributed by atoms with E-state index < -0.39 is 5.97 Å². The summed E-state index contributed by atoms with van der Waals surface area (Å²) in [5.74, 6) is -0.291. The number of hydrogen-bond acceptors (Lipinski definition) is 5. The number of likely N-dealkylation sites (N-methyl/N-ethyl adjacent to an activating group) is 1. The molecule has 100 valence electrons. The van der Waals surface area contributed by atoms with Gasteiger partial charge >= 0.3 is 5.97 Å². The molecular weight excluding hydrogens is 242 g/mol. The third kappa shape index (κ3) is 11.5. The molecule has 0 bridgehead atoms. The van der Waals surface area contributed by atoms with E-state index in [-0.39, 0.29) is 12.5 Å². The predicted molar refractivity (Wildman–Crippen MR) is 69.4 cm³/mol. The largest absolute Gasteiger partial charge is 0.480 e. The van der Waals surface area contributed by atoms with Crippen LogP contribution in [0.25, 0.3) is 0 Å². The van der Waals surface area contributed by atoms with Crippen LogP contribution in [0, 0.1) is 0 Å². The van der Waals surface area contributed by atoms with Crippen molar-refractivity contribution in [2.24, 2.45) is 0 Å². The van der Waals surface area contributed by atoms with Gasteiger partial charge in [0.15, 0.2) is 0 Å². The average molecular weight is 263 g/mol. The van der Waals surface area contributed by atoms with Crippen LogP contribution >= 0.6 is 11.8 Å². The molecule has 0 atom stereocenters. The first-order chi connectivity index (χ1) is 8.06. The molecule has 0 unspecified atom stereocenters. The number of carbonyl (C=O) groups is 2. The van der Waals surface area contributed by atoms with Crippen LogP contribution in [0.3, 0.4) is 0 Å². The van der Waals surface area contributed by atoms with E-state index in [4.69, 9.17) is 5.11 Å². The fourth-order valence-corrected chi connectivity index (χ4v) is 1.54. The molecule has 0 aromatic carbocycles. The van der Waals surface area contributed by atoms with Gasteiger partial charge in [0.2, 0.25) is 5.91 Å². The Hall–Kier alpha value is -0.790. The zero-order valence-electron chi connectivity index (χ0n) is 10.4. The number of amides is 1. The Balaban J connectivity index is 3.29. The Morgan fingerprint density at radius 3 is 2.59 bits per heavy atom. The van der Waals surface area contributed by atoms with Crippen molar-refractivity contribution in [2.45, 2.75) is 0 Å². The second-order valence-electron chi connectivity index (χ2n) is 3.66. The molecule has 0 aromatic rings. The summed E-state index contributed by atoms with van der Waals surface area (Å²) in [6, 6.07) is 0. The van der Waals surface area contributed by atoms with E-state index in [2.05, 4.69) is 10.6 Å². The molecule has 0 aliphatic rings. The molecule has 0 rings (SSSR count). The first kappa shape index (κ1) is 16.2. The van der Waals surface area contributed by atoms with Gasteiger partial charge in [-0.3, -0.25) is 14.5 Å². The van der Waals surface area contributed by atoms with Crippen molar-refractivity contribution in [3.63, 3.8) is 0 Å². The third-order valence-electron chi connectivity index (χ3n) is 1.97. The number of aliphatic carboxylic acids is 1. The van der Waals surface area contributed by atoms with E-state index in [0.29, 0.717) is 31.9 Å². The van der Waals surface area contributed by atoms with Crippen molar-refractivity contribution in [1.29, 1.82) is 0 Å². The summed E-state index contributed by atoms with van der Waals surface area (Å²) in [7, 11) is 1.76. The van der Waals surface area contributed by atoms with Crippen molar-refractivity contribution in [1.82, 2.24) is 15.5 Å². The molecule has 0 saturated heterocycles. The highest BCUT2D eigenvalue weighted by atomic mass is 32.2. The van der Waals surface area contributed by atoms with E-state index in [9.17, 15) is 9.59 Å². The van der Waals surface area contributed by atoms with Crippen LogP contribution in [0.15, 0.2) is 0 Å². The molecule has 3 N–H and O–H groups in total. The van der Waals surface area contributed by atoms with E-state index in [1.165, 1.54) is 11.8 Å². The maximum atomic E-state index is 11.1. The van der Waals surface area contributed by atoms with Crippen LogP contribution in [-0.2, 0) is 9.59 Å². The van der Waals surface area contributed by atoms with E-state index >= 15 is 0 Å². The number of carboxylic acid groups (broad SMARTS) is 1. The van der Waals surface area contributed by atoms with Gasteiger partial charge in [0.05, 0.1) is 12.3 Å². The predicted octanol–water partition coefficient (Wildman–Crippen LogP) is -0.928. The minimum Gasteiger partial charge on any atom is -0.480 e. The van der Waals surface area contributed by atoms with Crippen LogP contribution in [0.1, 0.15) is 0 Å². The number of thioether (sulfide) groups is 1. The van der Waals surface area contributed by atoms with Gasteiger partial charge < -0.3 is 15.7 Å². The Labute approximate surface area is 106 Å². The molecule has 1 amide bonds. The monoisotopic (exact) mass is 263 g/mol. The number of rotatable bonds is 10. The van der Waals surface area contributed by atoms with E-state index in [1.54, 1.807) is 11.9 Å². The topological polar surface area (TPSA) is 81.7 Å². The number of hydrogen-bond donors (Lipinski definition) is 3. The van der Waals surface area contributed by atoms with Crippen LogP contribution in [0.4, 0.5) is 0 Å². The maximum Gasteiger partial charge on any atom is 0.317 e. The van der Waals surface area contributed by atoms with Crippen molar-refractivity contribution in [2.75, 3.05) is 51.8 Å². The summed E-state index contributed by atoms with van der Waals surface area (Å²) >= 11 is 1.49. The van der Waals surface area contributed by atoms with Crippen molar-refractivity contribution >= 4 is 23.6 Å².